The number of hydrogen-bond donors (Lipinski definition) is 2. The fraction of sp³-hybridized carbons (Fsp3) is 0.417. The Morgan fingerprint density at radius 3 is 2.74 bits per heavy atom. The molecule has 1 atom stereocenters. The van der Waals surface area contributed by atoms with Crippen LogP contribution in [0.1, 0.15) is 18.5 Å². The highest BCUT2D eigenvalue weighted by molar-refractivity contribution is 5.77. The second kappa shape index (κ2) is 6.42. The molecule has 0 saturated heterocycles. The molecule has 0 spiro atoms. The standard InChI is InChI=1S/C12H15F3N2O2/c1-8(16)9-3-2-4-10(5-9)19-6-11(18)17-7-12(13,14)15/h2-5,8H,6-7,16H2,1H3,(H,17,18)/t8-/m0/s1. The second-order valence-corrected chi connectivity index (χ2v) is 4.04. The predicted octanol–water partition coefficient (Wildman–Crippen LogP) is 1.76. The van der Waals surface area contributed by atoms with Gasteiger partial charge in [0.2, 0.25) is 0 Å². The topological polar surface area (TPSA) is 64.3 Å². The number of nitrogens with one attached hydrogen (secondary N) is 1. The van der Waals surface area contributed by atoms with Gasteiger partial charge in [0.25, 0.3) is 5.91 Å². The summed E-state index contributed by atoms with van der Waals surface area (Å²) in [4.78, 5) is 11.1. The van der Waals surface area contributed by atoms with Crippen LogP contribution < -0.4 is 15.8 Å². The summed E-state index contributed by atoms with van der Waals surface area (Å²) in [6.07, 6.45) is -4.43. The number of amides is 1. The highest BCUT2D eigenvalue weighted by Gasteiger charge is 2.27. The van der Waals surface area contributed by atoms with Gasteiger partial charge in [0.15, 0.2) is 6.61 Å². The number of carbonyl (C=O) groups excluding carboxylic acids is 1. The number of rotatable bonds is 5. The van der Waals surface area contributed by atoms with Crippen LogP contribution in [-0.2, 0) is 4.79 Å². The van der Waals surface area contributed by atoms with Crippen LogP contribution in [0.2, 0.25) is 0 Å². The van der Waals surface area contributed by atoms with Gasteiger partial charge in [-0.05, 0) is 24.6 Å². The maximum absolute atomic E-state index is 11.9. The van der Waals surface area contributed by atoms with Crippen LogP contribution >= 0.6 is 0 Å². The number of hydrogen-bond acceptors (Lipinski definition) is 3. The summed E-state index contributed by atoms with van der Waals surface area (Å²) in [5, 5.41) is 1.72. The smallest absolute Gasteiger partial charge is 0.405 e. The molecule has 106 valence electrons. The van der Waals surface area contributed by atoms with Crippen molar-refractivity contribution in [2.45, 2.75) is 19.1 Å². The first kappa shape index (κ1) is 15.3. The van der Waals surface area contributed by atoms with Crippen molar-refractivity contribution in [1.82, 2.24) is 5.32 Å². The zero-order valence-corrected chi connectivity index (χ0v) is 10.3. The molecule has 0 aliphatic heterocycles. The number of halogens is 3. The van der Waals surface area contributed by atoms with Crippen LogP contribution in [-0.4, -0.2) is 25.2 Å². The predicted molar refractivity (Wildman–Crippen MR) is 63.6 cm³/mol. The first-order chi connectivity index (χ1) is 8.78. The third-order valence-corrected chi connectivity index (χ3v) is 2.24. The van der Waals surface area contributed by atoms with E-state index < -0.39 is 25.2 Å². The number of benzene rings is 1. The van der Waals surface area contributed by atoms with E-state index in [-0.39, 0.29) is 6.04 Å². The van der Waals surface area contributed by atoms with E-state index in [2.05, 4.69) is 0 Å². The Kier molecular flexibility index (Phi) is 5.17. The molecule has 1 amide bonds. The lowest BCUT2D eigenvalue weighted by atomic mass is 10.1. The van der Waals surface area contributed by atoms with E-state index >= 15 is 0 Å². The molecule has 1 aromatic rings. The van der Waals surface area contributed by atoms with E-state index in [9.17, 15) is 18.0 Å². The van der Waals surface area contributed by atoms with E-state index in [0.717, 1.165) is 5.56 Å². The lowest BCUT2D eigenvalue weighted by Gasteiger charge is -2.11. The average molecular weight is 276 g/mol. The zero-order chi connectivity index (χ0) is 14.5. The Morgan fingerprint density at radius 2 is 2.16 bits per heavy atom. The van der Waals surface area contributed by atoms with Gasteiger partial charge >= 0.3 is 6.18 Å². The molecular formula is C12H15F3N2O2. The van der Waals surface area contributed by atoms with Crippen LogP contribution in [0, 0.1) is 0 Å². The average Bonchev–Trinajstić information content (AvgIpc) is 2.33. The van der Waals surface area contributed by atoms with Crippen molar-refractivity contribution in [3.05, 3.63) is 29.8 Å². The van der Waals surface area contributed by atoms with Crippen molar-refractivity contribution in [2.75, 3.05) is 13.2 Å². The minimum atomic E-state index is -4.43. The molecule has 0 aliphatic carbocycles. The molecule has 0 aromatic heterocycles. The summed E-state index contributed by atoms with van der Waals surface area (Å²) in [5.41, 5.74) is 6.49. The lowest BCUT2D eigenvalue weighted by Crippen LogP contribution is -2.36. The molecule has 7 heteroatoms. The van der Waals surface area contributed by atoms with Crippen molar-refractivity contribution in [3.63, 3.8) is 0 Å². The Bertz CT molecular complexity index is 433. The van der Waals surface area contributed by atoms with Crippen LogP contribution in [0.3, 0.4) is 0 Å². The SMILES string of the molecule is C[C@H](N)c1cccc(OCC(=O)NCC(F)(F)F)c1. The summed E-state index contributed by atoms with van der Waals surface area (Å²) < 4.78 is 40.6. The number of carbonyl (C=O) groups is 1. The van der Waals surface area contributed by atoms with Crippen molar-refractivity contribution >= 4 is 5.91 Å². The van der Waals surface area contributed by atoms with Crippen LogP contribution in [0.4, 0.5) is 13.2 Å². The molecule has 0 bridgehead atoms. The fourth-order valence-electron chi connectivity index (χ4n) is 1.29. The quantitative estimate of drug-likeness (QED) is 0.861. The summed E-state index contributed by atoms with van der Waals surface area (Å²) in [6.45, 7) is -0.0529. The Morgan fingerprint density at radius 1 is 1.47 bits per heavy atom. The summed E-state index contributed by atoms with van der Waals surface area (Å²) in [7, 11) is 0. The molecular weight excluding hydrogens is 261 g/mol. The van der Waals surface area contributed by atoms with Crippen molar-refractivity contribution in [1.29, 1.82) is 0 Å². The summed E-state index contributed by atoms with van der Waals surface area (Å²) >= 11 is 0. The normalized spacial score (nSPS) is 12.9. The lowest BCUT2D eigenvalue weighted by molar-refractivity contribution is -0.139. The van der Waals surface area contributed by atoms with Crippen LogP contribution in [0.25, 0.3) is 0 Å². The van der Waals surface area contributed by atoms with Crippen molar-refractivity contribution < 1.29 is 22.7 Å². The Balaban J connectivity index is 2.44. The van der Waals surface area contributed by atoms with Gasteiger partial charge in [0.1, 0.15) is 12.3 Å². The monoisotopic (exact) mass is 276 g/mol. The highest BCUT2D eigenvalue weighted by Crippen LogP contribution is 2.17. The maximum atomic E-state index is 11.9. The maximum Gasteiger partial charge on any atom is 0.405 e. The Hall–Kier alpha value is -1.76. The summed E-state index contributed by atoms with van der Waals surface area (Å²) in [6, 6.07) is 6.54. The minimum absolute atomic E-state index is 0.192. The fourth-order valence-corrected chi connectivity index (χ4v) is 1.29. The van der Waals surface area contributed by atoms with E-state index in [4.69, 9.17) is 10.5 Å². The van der Waals surface area contributed by atoms with Gasteiger partial charge in [-0.25, -0.2) is 0 Å². The van der Waals surface area contributed by atoms with Gasteiger partial charge in [0.05, 0.1) is 0 Å². The van der Waals surface area contributed by atoms with E-state index in [0.29, 0.717) is 5.75 Å². The van der Waals surface area contributed by atoms with Gasteiger partial charge in [0, 0.05) is 6.04 Å². The van der Waals surface area contributed by atoms with Crippen molar-refractivity contribution in [2.24, 2.45) is 5.73 Å². The van der Waals surface area contributed by atoms with Gasteiger partial charge in [-0.15, -0.1) is 0 Å². The van der Waals surface area contributed by atoms with Gasteiger partial charge in [-0.2, -0.15) is 13.2 Å². The number of ether oxygens (including phenoxy) is 1. The van der Waals surface area contributed by atoms with Crippen LogP contribution in [0.5, 0.6) is 5.75 Å². The molecule has 0 radical (unpaired) electrons. The second-order valence-electron chi connectivity index (χ2n) is 4.04. The largest absolute Gasteiger partial charge is 0.484 e. The van der Waals surface area contributed by atoms with E-state index in [1.54, 1.807) is 36.5 Å². The molecule has 1 rings (SSSR count). The third kappa shape index (κ3) is 6.10. The first-order valence-corrected chi connectivity index (χ1v) is 5.60. The van der Waals surface area contributed by atoms with Gasteiger partial charge < -0.3 is 15.8 Å². The molecule has 0 heterocycles. The minimum Gasteiger partial charge on any atom is -0.484 e. The molecule has 0 fully saturated rings. The molecule has 0 aliphatic rings. The van der Waals surface area contributed by atoms with E-state index in [1.165, 1.54) is 0 Å². The van der Waals surface area contributed by atoms with E-state index in [1.807, 2.05) is 0 Å². The molecule has 19 heavy (non-hydrogen) atoms. The highest BCUT2D eigenvalue weighted by atomic mass is 19.4. The first-order valence-electron chi connectivity index (χ1n) is 5.60. The summed E-state index contributed by atoms with van der Waals surface area (Å²) in [5.74, 6) is -0.444. The number of nitrogens with two attached hydrogens (primary N) is 1. The molecule has 1 aromatic carbocycles. The molecule has 0 saturated carbocycles. The molecule has 4 nitrogen and oxygen atoms in total. The Labute approximate surface area is 108 Å². The number of alkyl halides is 3. The molecule has 3 N–H and O–H groups in total. The van der Waals surface area contributed by atoms with Gasteiger partial charge in [-0.1, -0.05) is 12.1 Å². The van der Waals surface area contributed by atoms with Gasteiger partial charge in [-0.3, -0.25) is 4.79 Å². The van der Waals surface area contributed by atoms with Crippen molar-refractivity contribution in [3.8, 4) is 5.75 Å². The zero-order valence-electron chi connectivity index (χ0n) is 10.3. The third-order valence-electron chi connectivity index (χ3n) is 2.24. The van der Waals surface area contributed by atoms with Crippen LogP contribution in [0.15, 0.2) is 24.3 Å². The molecule has 0 unspecified atom stereocenters.